The van der Waals surface area contributed by atoms with E-state index in [-0.39, 0.29) is 6.98 Å². The van der Waals surface area contributed by atoms with Crippen LogP contribution in [0.5, 0.6) is 0 Å². The summed E-state index contributed by atoms with van der Waals surface area (Å²) in [5, 5.41) is 3.98. The first-order chi connectivity index (χ1) is 16.8. The molecule has 4 heterocycles. The lowest BCUT2D eigenvalue weighted by Crippen LogP contribution is -2.54. The second-order valence-electron chi connectivity index (χ2n) is 8.67. The Bertz CT molecular complexity index is 1770. The molecule has 0 aliphatic carbocycles. The number of hydrogen-bond acceptors (Lipinski definition) is 4. The molecule has 0 unspecified atom stereocenters. The zero-order valence-corrected chi connectivity index (χ0v) is 21.1. The molecular formula is C28H16BBrN2S2. The van der Waals surface area contributed by atoms with Crippen molar-refractivity contribution in [3.05, 3.63) is 102 Å². The van der Waals surface area contributed by atoms with Gasteiger partial charge in [0.15, 0.2) is 0 Å². The molecule has 160 valence electrons. The van der Waals surface area contributed by atoms with Crippen molar-refractivity contribution in [3.8, 4) is 11.1 Å². The minimum Gasteiger partial charge on any atom is -0.357 e. The van der Waals surface area contributed by atoms with Crippen molar-refractivity contribution in [1.29, 1.82) is 0 Å². The van der Waals surface area contributed by atoms with E-state index in [4.69, 9.17) is 0 Å². The van der Waals surface area contributed by atoms with E-state index in [2.05, 4.69) is 123 Å². The highest BCUT2D eigenvalue weighted by Gasteiger charge is 2.51. The molecule has 34 heavy (non-hydrogen) atoms. The van der Waals surface area contributed by atoms with Crippen molar-refractivity contribution in [2.24, 2.45) is 0 Å². The summed E-state index contributed by atoms with van der Waals surface area (Å²) in [6.07, 6.45) is 0. The second-order valence-corrected chi connectivity index (χ2v) is 11.6. The van der Waals surface area contributed by atoms with Crippen LogP contribution in [0.1, 0.15) is 0 Å². The Morgan fingerprint density at radius 2 is 1.26 bits per heavy atom. The number of nitrogens with zero attached hydrogens (tertiary/aromatic N) is 2. The molecule has 2 aliphatic rings. The number of benzene rings is 4. The molecule has 2 nitrogen and oxygen atoms in total. The fourth-order valence-corrected chi connectivity index (χ4v) is 8.57. The first kappa shape index (κ1) is 19.3. The van der Waals surface area contributed by atoms with Crippen molar-refractivity contribution in [1.82, 2.24) is 0 Å². The largest absolute Gasteiger partial charge is 0.432 e. The highest BCUT2D eigenvalue weighted by molar-refractivity contribution is 9.10. The van der Waals surface area contributed by atoms with Crippen molar-refractivity contribution >= 4 is 92.6 Å². The number of rotatable bonds is 1. The van der Waals surface area contributed by atoms with Gasteiger partial charge in [-0.05, 0) is 51.6 Å². The van der Waals surface area contributed by atoms with Gasteiger partial charge in [0.05, 0.1) is 5.69 Å². The smallest absolute Gasteiger partial charge is 0.357 e. The number of anilines is 4. The molecule has 8 rings (SSSR count). The average molecular weight is 535 g/mol. The number of hydrogen-bond donors (Lipinski definition) is 0. The Kier molecular flexibility index (Phi) is 3.96. The lowest BCUT2D eigenvalue weighted by Gasteiger charge is -2.35. The molecule has 0 amide bonds. The van der Waals surface area contributed by atoms with Crippen molar-refractivity contribution < 1.29 is 0 Å². The topological polar surface area (TPSA) is 6.48 Å². The highest BCUT2D eigenvalue weighted by atomic mass is 79.9. The van der Waals surface area contributed by atoms with Gasteiger partial charge in [-0.25, -0.2) is 0 Å². The quantitative estimate of drug-likeness (QED) is 0.195. The van der Waals surface area contributed by atoms with E-state index >= 15 is 0 Å². The fraction of sp³-hybridized carbons (Fsp3) is 0. The number of thiophene rings is 2. The first-order valence-corrected chi connectivity index (χ1v) is 13.7. The Balaban J connectivity index is 1.53. The predicted octanol–water partition coefficient (Wildman–Crippen LogP) is 8.54. The van der Waals surface area contributed by atoms with Crippen LogP contribution < -0.4 is 14.4 Å². The van der Waals surface area contributed by atoms with Crippen LogP contribution in [0.15, 0.2) is 102 Å². The summed E-state index contributed by atoms with van der Waals surface area (Å²) in [7, 11) is 0. The summed E-state index contributed by atoms with van der Waals surface area (Å²) >= 11 is 7.70. The zero-order valence-electron chi connectivity index (χ0n) is 17.9. The molecule has 6 aromatic rings. The Hall–Kier alpha value is -3.06. The van der Waals surface area contributed by atoms with Gasteiger partial charge in [-0.1, -0.05) is 66.7 Å². The monoisotopic (exact) mass is 534 g/mol. The molecule has 0 bridgehead atoms. The van der Waals surface area contributed by atoms with Crippen LogP contribution in [-0.2, 0) is 0 Å². The maximum atomic E-state index is 3.88. The SMILES string of the molecule is Brc1ccccc1N1B2c3sc4ccccc4c3-c3ccccc3N2c2sc3ccccc3c21. The van der Waals surface area contributed by atoms with Crippen molar-refractivity contribution in [2.75, 3.05) is 9.62 Å². The fourth-order valence-electron chi connectivity index (χ4n) is 5.56. The van der Waals surface area contributed by atoms with E-state index < -0.39 is 0 Å². The van der Waals surface area contributed by atoms with Gasteiger partial charge in [0.25, 0.3) is 0 Å². The summed E-state index contributed by atoms with van der Waals surface area (Å²) in [4.78, 5) is 5.13. The molecule has 0 saturated carbocycles. The van der Waals surface area contributed by atoms with Crippen LogP contribution in [0.2, 0.25) is 0 Å². The summed E-state index contributed by atoms with van der Waals surface area (Å²) < 4.78 is 5.18. The Morgan fingerprint density at radius 3 is 2.09 bits per heavy atom. The van der Waals surface area contributed by atoms with Crippen LogP contribution in [-0.4, -0.2) is 6.98 Å². The standard InChI is InChI=1S/C28H16BBrN2S2/c30-20-12-4-6-14-22(20)31-26-19-11-3-8-16-24(19)34-28(26)32-21-13-5-1-9-17(21)25-18-10-2-7-15-23(18)33-27(25)29(31)32/h1-16H. The summed E-state index contributed by atoms with van der Waals surface area (Å²) in [6.45, 7) is 0.0758. The van der Waals surface area contributed by atoms with Crippen molar-refractivity contribution in [3.63, 3.8) is 0 Å². The molecular weight excluding hydrogens is 519 g/mol. The molecule has 6 heteroatoms. The third kappa shape index (κ3) is 2.41. The summed E-state index contributed by atoms with van der Waals surface area (Å²) in [6, 6.07) is 35.2. The maximum Gasteiger partial charge on any atom is 0.432 e. The molecule has 0 fully saturated rings. The predicted molar refractivity (Wildman–Crippen MR) is 153 cm³/mol. The zero-order chi connectivity index (χ0) is 22.4. The molecule has 0 atom stereocenters. The van der Waals surface area contributed by atoms with Crippen LogP contribution in [0.25, 0.3) is 31.3 Å². The lowest BCUT2D eigenvalue weighted by atomic mass is 9.64. The number of fused-ring (bicyclic) bond motifs is 12. The maximum absolute atomic E-state index is 3.88. The minimum atomic E-state index is 0.0758. The van der Waals surface area contributed by atoms with Crippen LogP contribution in [0.3, 0.4) is 0 Å². The van der Waals surface area contributed by atoms with Gasteiger partial charge in [-0.2, -0.15) is 0 Å². The number of halogens is 1. The molecule has 0 spiro atoms. The summed E-state index contributed by atoms with van der Waals surface area (Å²) in [5.74, 6) is 0. The van der Waals surface area contributed by atoms with E-state index in [1.807, 2.05) is 22.7 Å². The van der Waals surface area contributed by atoms with Crippen LogP contribution >= 0.6 is 38.6 Å². The van der Waals surface area contributed by atoms with Crippen LogP contribution in [0.4, 0.5) is 22.1 Å². The van der Waals surface area contributed by atoms with E-state index in [0.717, 1.165) is 4.47 Å². The van der Waals surface area contributed by atoms with Gasteiger partial charge in [0.1, 0.15) is 5.00 Å². The van der Waals surface area contributed by atoms with Gasteiger partial charge < -0.3 is 9.62 Å². The van der Waals surface area contributed by atoms with E-state index in [1.165, 1.54) is 58.1 Å². The Labute approximate surface area is 213 Å². The van der Waals surface area contributed by atoms with E-state index in [9.17, 15) is 0 Å². The lowest BCUT2D eigenvalue weighted by molar-refractivity contribution is 1.39. The molecule has 0 N–H and O–H groups in total. The van der Waals surface area contributed by atoms with Gasteiger partial charge in [-0.15, -0.1) is 22.7 Å². The van der Waals surface area contributed by atoms with E-state index in [1.54, 1.807) is 0 Å². The van der Waals surface area contributed by atoms with Gasteiger partial charge in [0.2, 0.25) is 0 Å². The third-order valence-electron chi connectivity index (χ3n) is 6.90. The van der Waals surface area contributed by atoms with Gasteiger partial charge in [0, 0.05) is 46.5 Å². The van der Waals surface area contributed by atoms with Crippen LogP contribution in [0, 0.1) is 0 Å². The van der Waals surface area contributed by atoms with Crippen molar-refractivity contribution in [2.45, 2.75) is 0 Å². The molecule has 2 aromatic heterocycles. The summed E-state index contributed by atoms with van der Waals surface area (Å²) in [5.41, 5.74) is 6.49. The number of para-hydroxylation sites is 2. The molecule has 0 radical (unpaired) electrons. The minimum absolute atomic E-state index is 0.0758. The molecule has 2 aliphatic heterocycles. The van der Waals surface area contributed by atoms with Gasteiger partial charge in [-0.3, -0.25) is 0 Å². The molecule has 0 saturated heterocycles. The third-order valence-corrected chi connectivity index (χ3v) is 9.94. The highest BCUT2D eigenvalue weighted by Crippen LogP contribution is 2.59. The van der Waals surface area contributed by atoms with E-state index in [0.29, 0.717) is 0 Å². The first-order valence-electron chi connectivity index (χ1n) is 11.3. The van der Waals surface area contributed by atoms with Gasteiger partial charge >= 0.3 is 6.98 Å². The molecule has 4 aromatic carbocycles. The second kappa shape index (κ2) is 6.98. The Morgan fingerprint density at radius 1 is 0.618 bits per heavy atom. The normalized spacial score (nSPS) is 13.9. The average Bonchev–Trinajstić information content (AvgIpc) is 3.53.